The Morgan fingerprint density at radius 2 is 1.91 bits per heavy atom. The van der Waals surface area contributed by atoms with Gasteiger partial charge >= 0.3 is 0 Å². The molecular formula is C18H22N4O. The van der Waals surface area contributed by atoms with Crippen LogP contribution in [0.5, 0.6) is 0 Å². The van der Waals surface area contributed by atoms with Gasteiger partial charge in [-0.2, -0.15) is 0 Å². The molecule has 0 aliphatic heterocycles. The number of benzene rings is 2. The molecule has 0 aromatic heterocycles. The number of nitrogens with one attached hydrogen (secondary N) is 2. The Morgan fingerprint density at radius 1 is 1.17 bits per heavy atom. The Balaban J connectivity index is 1.90. The van der Waals surface area contributed by atoms with E-state index in [9.17, 15) is 4.79 Å². The molecule has 0 radical (unpaired) electrons. The maximum absolute atomic E-state index is 11.6. The van der Waals surface area contributed by atoms with Gasteiger partial charge in [-0.25, -0.2) is 0 Å². The predicted molar refractivity (Wildman–Crippen MR) is 94.8 cm³/mol. The fourth-order valence-electron chi connectivity index (χ4n) is 2.14. The Hall–Kier alpha value is -2.82. The van der Waals surface area contributed by atoms with Crippen molar-refractivity contribution in [1.29, 1.82) is 0 Å². The lowest BCUT2D eigenvalue weighted by Crippen LogP contribution is -2.23. The maximum atomic E-state index is 11.6. The van der Waals surface area contributed by atoms with Crippen LogP contribution in [-0.4, -0.2) is 25.5 Å². The van der Waals surface area contributed by atoms with Crippen molar-refractivity contribution in [2.24, 2.45) is 10.7 Å². The lowest BCUT2D eigenvalue weighted by molar-refractivity contribution is 0.0963. The maximum Gasteiger partial charge on any atom is 0.251 e. The fraction of sp³-hybridized carbons (Fsp3) is 0.222. The van der Waals surface area contributed by atoms with Crippen LogP contribution in [0.15, 0.2) is 53.5 Å². The van der Waals surface area contributed by atoms with E-state index in [1.54, 1.807) is 13.1 Å². The summed E-state index contributed by atoms with van der Waals surface area (Å²) in [4.78, 5) is 15.9. The van der Waals surface area contributed by atoms with E-state index in [-0.39, 0.29) is 5.91 Å². The highest BCUT2D eigenvalue weighted by molar-refractivity contribution is 5.94. The van der Waals surface area contributed by atoms with E-state index in [0.29, 0.717) is 18.1 Å². The van der Waals surface area contributed by atoms with Gasteiger partial charge in [0.15, 0.2) is 5.96 Å². The Bertz CT molecular complexity index is 692. The van der Waals surface area contributed by atoms with Crippen LogP contribution in [0.3, 0.4) is 0 Å². The van der Waals surface area contributed by atoms with E-state index >= 15 is 0 Å². The molecule has 0 aliphatic carbocycles. The molecule has 2 aromatic carbocycles. The molecule has 0 aliphatic rings. The molecule has 5 heteroatoms. The lowest BCUT2D eigenvalue weighted by Gasteiger charge is -2.06. The summed E-state index contributed by atoms with van der Waals surface area (Å²) in [5.41, 5.74) is 9.70. The van der Waals surface area contributed by atoms with E-state index in [1.807, 2.05) is 49.4 Å². The van der Waals surface area contributed by atoms with Crippen molar-refractivity contribution in [3.05, 3.63) is 65.2 Å². The molecule has 5 nitrogen and oxygen atoms in total. The van der Waals surface area contributed by atoms with E-state index < -0.39 is 0 Å². The van der Waals surface area contributed by atoms with E-state index in [1.165, 1.54) is 5.56 Å². The van der Waals surface area contributed by atoms with E-state index in [4.69, 9.17) is 5.73 Å². The third kappa shape index (κ3) is 5.14. The average Bonchev–Trinajstić information content (AvgIpc) is 2.56. The number of amides is 1. The zero-order chi connectivity index (χ0) is 16.7. The predicted octanol–water partition coefficient (Wildman–Crippen LogP) is 2.32. The number of guanidine groups is 1. The van der Waals surface area contributed by atoms with Gasteiger partial charge in [-0.05, 0) is 43.2 Å². The van der Waals surface area contributed by atoms with Crippen molar-refractivity contribution in [3.63, 3.8) is 0 Å². The van der Waals surface area contributed by atoms with Gasteiger partial charge in [-0.15, -0.1) is 0 Å². The molecule has 0 bridgehead atoms. The van der Waals surface area contributed by atoms with E-state index in [2.05, 4.69) is 15.6 Å². The van der Waals surface area contributed by atoms with Gasteiger partial charge in [0.25, 0.3) is 5.91 Å². The average molecular weight is 310 g/mol. The molecular weight excluding hydrogens is 288 g/mol. The van der Waals surface area contributed by atoms with Gasteiger partial charge in [0.2, 0.25) is 0 Å². The van der Waals surface area contributed by atoms with Crippen molar-refractivity contribution in [2.45, 2.75) is 13.3 Å². The summed E-state index contributed by atoms with van der Waals surface area (Å²) in [5, 5.41) is 5.68. The first-order valence-corrected chi connectivity index (χ1v) is 7.53. The fourth-order valence-corrected chi connectivity index (χ4v) is 2.14. The molecule has 0 atom stereocenters. The number of carbonyl (C=O) groups excluding carboxylic acids is 1. The first kappa shape index (κ1) is 16.5. The summed E-state index contributed by atoms with van der Waals surface area (Å²) < 4.78 is 0. The highest BCUT2D eigenvalue weighted by Crippen LogP contribution is 2.08. The van der Waals surface area contributed by atoms with Gasteiger partial charge in [0.1, 0.15) is 0 Å². The van der Waals surface area contributed by atoms with Crippen LogP contribution < -0.4 is 16.4 Å². The number of hydrogen-bond acceptors (Lipinski definition) is 2. The van der Waals surface area contributed by atoms with Crippen molar-refractivity contribution >= 4 is 17.6 Å². The Kier molecular flexibility index (Phi) is 5.74. The number of carbonyl (C=O) groups is 1. The highest BCUT2D eigenvalue weighted by atomic mass is 16.1. The first-order chi connectivity index (χ1) is 11.1. The summed E-state index contributed by atoms with van der Waals surface area (Å²) in [6.07, 6.45) is 0.723. The highest BCUT2D eigenvalue weighted by Gasteiger charge is 2.03. The van der Waals surface area contributed by atoms with Crippen LogP contribution in [-0.2, 0) is 6.42 Å². The summed E-state index contributed by atoms with van der Waals surface area (Å²) in [5.74, 6) is 0.298. The van der Waals surface area contributed by atoms with Crippen LogP contribution in [0.1, 0.15) is 21.5 Å². The molecule has 4 N–H and O–H groups in total. The van der Waals surface area contributed by atoms with Gasteiger partial charge in [-0.3, -0.25) is 9.79 Å². The molecule has 2 aromatic rings. The zero-order valence-corrected chi connectivity index (χ0v) is 13.5. The van der Waals surface area contributed by atoms with Crippen molar-refractivity contribution in [2.75, 3.05) is 18.9 Å². The van der Waals surface area contributed by atoms with Crippen LogP contribution in [0, 0.1) is 6.92 Å². The molecule has 0 fully saturated rings. The molecule has 2 rings (SSSR count). The molecule has 0 unspecified atom stereocenters. The molecule has 0 saturated carbocycles. The van der Waals surface area contributed by atoms with Crippen LogP contribution in [0.2, 0.25) is 0 Å². The number of hydrogen-bond donors (Lipinski definition) is 3. The van der Waals surface area contributed by atoms with Gasteiger partial charge in [0.05, 0.1) is 0 Å². The topological polar surface area (TPSA) is 79.5 Å². The number of anilines is 1. The minimum Gasteiger partial charge on any atom is -0.370 e. The van der Waals surface area contributed by atoms with Crippen molar-refractivity contribution in [3.8, 4) is 0 Å². The van der Waals surface area contributed by atoms with E-state index in [0.717, 1.165) is 17.7 Å². The van der Waals surface area contributed by atoms with Gasteiger partial charge in [0, 0.05) is 24.8 Å². The number of nitrogens with zero attached hydrogens (tertiary/aromatic N) is 1. The molecule has 1 amide bonds. The number of aryl methyl sites for hydroxylation is 1. The number of rotatable bonds is 5. The molecule has 120 valence electrons. The van der Waals surface area contributed by atoms with Crippen molar-refractivity contribution in [1.82, 2.24) is 5.32 Å². The molecule has 23 heavy (non-hydrogen) atoms. The minimum atomic E-state index is -0.0871. The molecule has 0 saturated heterocycles. The van der Waals surface area contributed by atoms with Crippen molar-refractivity contribution < 1.29 is 4.79 Å². The summed E-state index contributed by atoms with van der Waals surface area (Å²) in [6.45, 7) is 2.59. The van der Waals surface area contributed by atoms with Crippen LogP contribution in [0.4, 0.5) is 5.69 Å². The van der Waals surface area contributed by atoms with Crippen LogP contribution >= 0.6 is 0 Å². The monoisotopic (exact) mass is 310 g/mol. The summed E-state index contributed by atoms with van der Waals surface area (Å²) >= 11 is 0. The minimum absolute atomic E-state index is 0.0871. The van der Waals surface area contributed by atoms with Crippen LogP contribution in [0.25, 0.3) is 0 Å². The molecule has 0 heterocycles. The first-order valence-electron chi connectivity index (χ1n) is 7.53. The standard InChI is InChI=1S/C18H22N4O/c1-13-6-8-16(9-7-13)22-18(19)21-11-10-14-4-3-5-15(12-14)17(23)20-2/h3-9,12H,10-11H2,1-2H3,(H,20,23)(H3,19,21,22). The summed E-state index contributed by atoms with van der Waals surface area (Å²) in [6, 6.07) is 15.5. The van der Waals surface area contributed by atoms with Gasteiger partial charge < -0.3 is 16.4 Å². The second-order valence-electron chi connectivity index (χ2n) is 5.29. The second-order valence-corrected chi connectivity index (χ2v) is 5.29. The largest absolute Gasteiger partial charge is 0.370 e. The quantitative estimate of drug-likeness (QED) is 0.586. The lowest BCUT2D eigenvalue weighted by atomic mass is 10.1. The summed E-state index contributed by atoms with van der Waals surface area (Å²) in [7, 11) is 1.62. The zero-order valence-electron chi connectivity index (χ0n) is 13.5. The molecule has 0 spiro atoms. The third-order valence-electron chi connectivity index (χ3n) is 3.42. The number of nitrogens with two attached hydrogens (primary N) is 1. The Morgan fingerprint density at radius 3 is 2.61 bits per heavy atom. The third-order valence-corrected chi connectivity index (χ3v) is 3.42. The number of aliphatic imine (C=N–C) groups is 1. The second kappa shape index (κ2) is 7.98. The smallest absolute Gasteiger partial charge is 0.251 e. The SMILES string of the molecule is CNC(=O)c1cccc(CCN=C(N)Nc2ccc(C)cc2)c1. The normalized spacial score (nSPS) is 11.1. The van der Waals surface area contributed by atoms with Gasteiger partial charge in [-0.1, -0.05) is 29.8 Å². The Labute approximate surface area is 136 Å².